The van der Waals surface area contributed by atoms with E-state index in [0.717, 1.165) is 25.7 Å². The lowest BCUT2D eigenvalue weighted by atomic mass is 10.2. The number of hydrogen-bond donors (Lipinski definition) is 0. The summed E-state index contributed by atoms with van der Waals surface area (Å²) in [6.45, 7) is 4.62. The summed E-state index contributed by atoms with van der Waals surface area (Å²) in [6.07, 6.45) is 4.37. The largest absolute Gasteiger partial charge is 0.466 e. The van der Waals surface area contributed by atoms with E-state index in [1.54, 1.807) is 0 Å². The lowest BCUT2D eigenvalue weighted by molar-refractivity contribution is -0.143. The van der Waals surface area contributed by atoms with E-state index in [2.05, 4.69) is 6.92 Å². The van der Waals surface area contributed by atoms with Crippen LogP contribution in [0.4, 0.5) is 0 Å². The zero-order valence-corrected chi connectivity index (χ0v) is 9.27. The molecule has 13 heavy (non-hydrogen) atoms. The zero-order valence-electron chi connectivity index (χ0n) is 8.51. The van der Waals surface area contributed by atoms with Gasteiger partial charge in [0.2, 0.25) is 0 Å². The van der Waals surface area contributed by atoms with Gasteiger partial charge < -0.3 is 4.74 Å². The Hall–Kier alpha value is -0.240. The van der Waals surface area contributed by atoms with E-state index in [0.29, 0.717) is 13.0 Å². The van der Waals surface area contributed by atoms with E-state index in [9.17, 15) is 4.79 Å². The van der Waals surface area contributed by atoms with Crippen molar-refractivity contribution in [1.29, 1.82) is 0 Å². The fraction of sp³-hybridized carbons (Fsp3) is 0.900. The third-order valence-electron chi connectivity index (χ3n) is 1.84. The average Bonchev–Trinajstić information content (AvgIpc) is 2.12. The van der Waals surface area contributed by atoms with Crippen molar-refractivity contribution in [2.45, 2.75) is 51.3 Å². The highest BCUT2D eigenvalue weighted by Gasteiger charge is 2.09. The van der Waals surface area contributed by atoms with Crippen molar-refractivity contribution < 1.29 is 9.53 Å². The quantitative estimate of drug-likeness (QED) is 0.364. The van der Waals surface area contributed by atoms with Gasteiger partial charge >= 0.3 is 5.97 Å². The minimum absolute atomic E-state index is 0.0707. The molecule has 0 bridgehead atoms. The van der Waals surface area contributed by atoms with Gasteiger partial charge in [0.25, 0.3) is 0 Å². The van der Waals surface area contributed by atoms with Crippen molar-refractivity contribution in [3.63, 3.8) is 0 Å². The average molecular weight is 207 g/mol. The maximum atomic E-state index is 11.1. The van der Waals surface area contributed by atoms with E-state index < -0.39 is 0 Å². The molecule has 2 nitrogen and oxygen atoms in total. The van der Waals surface area contributed by atoms with Gasteiger partial charge in [-0.25, -0.2) is 0 Å². The van der Waals surface area contributed by atoms with Gasteiger partial charge in [-0.05, 0) is 12.8 Å². The Morgan fingerprint density at radius 3 is 2.62 bits per heavy atom. The molecule has 1 atom stereocenters. The predicted octanol–water partition coefficient (Wildman–Crippen LogP) is 3.13. The number of carbonyl (C=O) groups is 1. The lowest BCUT2D eigenvalue weighted by Crippen LogP contribution is -2.11. The van der Waals surface area contributed by atoms with Crippen LogP contribution in [0.25, 0.3) is 0 Å². The molecule has 0 aromatic heterocycles. The van der Waals surface area contributed by atoms with Crippen molar-refractivity contribution in [3.8, 4) is 0 Å². The third kappa shape index (κ3) is 8.10. The second-order valence-corrected chi connectivity index (χ2v) is 3.75. The summed E-state index contributed by atoms with van der Waals surface area (Å²) in [7, 11) is 0. The first kappa shape index (κ1) is 12.8. The molecule has 0 aromatic carbocycles. The maximum Gasteiger partial charge on any atom is 0.307 e. The van der Waals surface area contributed by atoms with Crippen LogP contribution in [0.3, 0.4) is 0 Å². The number of hydrogen-bond acceptors (Lipinski definition) is 2. The Morgan fingerprint density at radius 2 is 2.08 bits per heavy atom. The minimum atomic E-state index is -0.169. The Morgan fingerprint density at radius 1 is 1.38 bits per heavy atom. The van der Waals surface area contributed by atoms with Gasteiger partial charge in [-0.2, -0.15) is 0 Å². The fourth-order valence-corrected chi connectivity index (χ4v) is 1.05. The van der Waals surface area contributed by atoms with Crippen molar-refractivity contribution in [2.24, 2.45) is 0 Å². The van der Waals surface area contributed by atoms with Crippen molar-refractivity contribution in [2.75, 3.05) is 6.61 Å². The Bertz CT molecular complexity index is 137. The molecule has 0 amide bonds. The highest BCUT2D eigenvalue weighted by Crippen LogP contribution is 2.07. The van der Waals surface area contributed by atoms with Crippen LogP contribution in [0.2, 0.25) is 0 Å². The first-order valence-corrected chi connectivity index (χ1v) is 5.44. The molecule has 0 saturated heterocycles. The van der Waals surface area contributed by atoms with Crippen LogP contribution in [0.15, 0.2) is 0 Å². The number of esters is 1. The summed E-state index contributed by atoms with van der Waals surface area (Å²) in [5.74, 6) is -0.169. The van der Waals surface area contributed by atoms with Crippen LogP contribution < -0.4 is 0 Å². The second-order valence-electron chi connectivity index (χ2n) is 3.14. The molecule has 0 aliphatic carbocycles. The van der Waals surface area contributed by atoms with Gasteiger partial charge in [-0.1, -0.05) is 26.7 Å². The van der Waals surface area contributed by atoms with Crippen molar-refractivity contribution in [1.82, 2.24) is 0 Å². The van der Waals surface area contributed by atoms with Gasteiger partial charge in [-0.3, -0.25) is 4.79 Å². The van der Waals surface area contributed by atoms with Crippen LogP contribution in [0.5, 0.6) is 0 Å². The summed E-state index contributed by atoms with van der Waals surface area (Å²) >= 11 is 5.80. The summed E-state index contributed by atoms with van der Waals surface area (Å²) in [4.78, 5) is 11.1. The standard InChI is InChI=1S/C10H19ClO2/c1-3-5-6-7-13-10(12)8-9(11)4-2/h9H,3-8H2,1-2H3. The molecule has 78 valence electrons. The molecular formula is C10H19ClO2. The summed E-state index contributed by atoms with van der Waals surface area (Å²) < 4.78 is 4.99. The van der Waals surface area contributed by atoms with Crippen LogP contribution in [0.1, 0.15) is 46.0 Å². The molecule has 0 fully saturated rings. The molecule has 0 rings (SSSR count). The summed E-state index contributed by atoms with van der Waals surface area (Å²) in [5, 5.41) is -0.0707. The van der Waals surface area contributed by atoms with Crippen LogP contribution >= 0.6 is 11.6 Å². The van der Waals surface area contributed by atoms with Gasteiger partial charge in [0, 0.05) is 5.38 Å². The smallest absolute Gasteiger partial charge is 0.307 e. The molecule has 3 heteroatoms. The Labute approximate surface area is 85.6 Å². The molecule has 0 radical (unpaired) electrons. The summed E-state index contributed by atoms with van der Waals surface area (Å²) in [5.41, 5.74) is 0. The van der Waals surface area contributed by atoms with Gasteiger partial charge in [0.05, 0.1) is 13.0 Å². The van der Waals surface area contributed by atoms with E-state index in [-0.39, 0.29) is 11.3 Å². The van der Waals surface area contributed by atoms with E-state index in [4.69, 9.17) is 16.3 Å². The second kappa shape index (κ2) is 8.36. The number of unbranched alkanes of at least 4 members (excludes halogenated alkanes) is 2. The molecular weight excluding hydrogens is 188 g/mol. The maximum absolute atomic E-state index is 11.1. The van der Waals surface area contributed by atoms with Gasteiger partial charge in [0.1, 0.15) is 0 Å². The molecule has 0 spiro atoms. The topological polar surface area (TPSA) is 26.3 Å². The molecule has 0 aliphatic rings. The zero-order chi connectivity index (χ0) is 10.1. The van der Waals surface area contributed by atoms with E-state index in [1.807, 2.05) is 6.92 Å². The molecule has 0 saturated carbocycles. The molecule has 0 aromatic rings. The Balaban J connectivity index is 3.30. The summed E-state index contributed by atoms with van der Waals surface area (Å²) in [6, 6.07) is 0. The monoisotopic (exact) mass is 206 g/mol. The number of halogens is 1. The number of rotatable bonds is 7. The number of ether oxygens (including phenoxy) is 1. The molecule has 0 heterocycles. The normalized spacial score (nSPS) is 12.5. The van der Waals surface area contributed by atoms with Crippen LogP contribution in [-0.4, -0.2) is 18.0 Å². The van der Waals surface area contributed by atoms with Crippen molar-refractivity contribution in [3.05, 3.63) is 0 Å². The van der Waals surface area contributed by atoms with Gasteiger partial charge in [0.15, 0.2) is 0 Å². The first-order valence-electron chi connectivity index (χ1n) is 5.00. The van der Waals surface area contributed by atoms with Crippen molar-refractivity contribution >= 4 is 17.6 Å². The van der Waals surface area contributed by atoms with E-state index in [1.165, 1.54) is 0 Å². The van der Waals surface area contributed by atoms with E-state index >= 15 is 0 Å². The number of alkyl halides is 1. The third-order valence-corrected chi connectivity index (χ3v) is 2.30. The Kier molecular flexibility index (Phi) is 8.21. The highest BCUT2D eigenvalue weighted by atomic mass is 35.5. The van der Waals surface area contributed by atoms with Gasteiger partial charge in [-0.15, -0.1) is 11.6 Å². The fourth-order valence-electron chi connectivity index (χ4n) is 0.922. The highest BCUT2D eigenvalue weighted by molar-refractivity contribution is 6.21. The lowest BCUT2D eigenvalue weighted by Gasteiger charge is -2.06. The molecule has 1 unspecified atom stereocenters. The molecule has 0 aliphatic heterocycles. The SMILES string of the molecule is CCCCCOC(=O)CC(Cl)CC. The minimum Gasteiger partial charge on any atom is -0.466 e. The van der Waals surface area contributed by atoms with Crippen LogP contribution in [-0.2, 0) is 9.53 Å². The predicted molar refractivity (Wildman–Crippen MR) is 55.0 cm³/mol. The van der Waals surface area contributed by atoms with Crippen LogP contribution in [0, 0.1) is 0 Å². The molecule has 0 N–H and O–H groups in total. The number of carbonyl (C=O) groups excluding carboxylic acids is 1. The first-order chi connectivity index (χ1) is 6.20.